The lowest BCUT2D eigenvalue weighted by atomic mass is 9.94. The Kier molecular flexibility index (Phi) is 3.11. The number of benzene rings is 1. The number of nitrogens with one attached hydrogen (secondary N) is 1. The third kappa shape index (κ3) is 2.40. The standard InChI is InChI=1S/C17H17ClN2O/c18-16-12-3-1-2-4-14(12)20-15-9-10(5-8-13(15)16)17(21)19-11-6-7-11/h5,8-9,11H,1-4,6-7H2,(H,19,21). The number of pyridine rings is 1. The second kappa shape index (κ2) is 4.99. The molecule has 3 nitrogen and oxygen atoms in total. The van der Waals surface area contributed by atoms with E-state index in [1.165, 1.54) is 18.4 Å². The van der Waals surface area contributed by atoms with E-state index in [1.807, 2.05) is 18.2 Å². The third-order valence-corrected chi connectivity index (χ3v) is 4.80. The number of amides is 1. The molecule has 1 aromatic carbocycles. The van der Waals surface area contributed by atoms with E-state index in [0.29, 0.717) is 11.6 Å². The molecule has 0 spiro atoms. The molecule has 1 amide bonds. The number of aryl methyl sites for hydroxylation is 1. The van der Waals surface area contributed by atoms with E-state index in [1.54, 1.807) is 0 Å². The highest BCUT2D eigenvalue weighted by atomic mass is 35.5. The van der Waals surface area contributed by atoms with Crippen LogP contribution >= 0.6 is 11.6 Å². The molecule has 4 rings (SSSR count). The van der Waals surface area contributed by atoms with Crippen molar-refractivity contribution in [1.82, 2.24) is 10.3 Å². The molecule has 108 valence electrons. The van der Waals surface area contributed by atoms with Crippen molar-refractivity contribution in [3.63, 3.8) is 0 Å². The SMILES string of the molecule is O=C(NC1CC1)c1ccc2c(Cl)c3c(nc2c1)CCCC3. The molecule has 0 unspecified atom stereocenters. The molecule has 2 aliphatic rings. The number of nitrogens with zero attached hydrogens (tertiary/aromatic N) is 1. The van der Waals surface area contributed by atoms with Gasteiger partial charge in [-0.05, 0) is 56.2 Å². The minimum absolute atomic E-state index is 0.00459. The van der Waals surface area contributed by atoms with Crippen molar-refractivity contribution in [2.45, 2.75) is 44.6 Å². The van der Waals surface area contributed by atoms with Gasteiger partial charge in [-0.3, -0.25) is 9.78 Å². The molecule has 0 atom stereocenters. The fraction of sp³-hybridized carbons (Fsp3) is 0.412. The highest BCUT2D eigenvalue weighted by Gasteiger charge is 2.24. The summed E-state index contributed by atoms with van der Waals surface area (Å²) < 4.78 is 0. The Bertz CT molecular complexity index is 737. The van der Waals surface area contributed by atoms with Crippen LogP contribution in [0.25, 0.3) is 10.9 Å². The maximum atomic E-state index is 12.1. The van der Waals surface area contributed by atoms with Crippen LogP contribution in [0.1, 0.15) is 47.3 Å². The molecule has 0 radical (unpaired) electrons. The van der Waals surface area contributed by atoms with Gasteiger partial charge >= 0.3 is 0 Å². The maximum absolute atomic E-state index is 12.1. The Morgan fingerprint density at radius 1 is 1.24 bits per heavy atom. The van der Waals surface area contributed by atoms with Crippen LogP contribution in [-0.4, -0.2) is 16.9 Å². The minimum Gasteiger partial charge on any atom is -0.349 e. The van der Waals surface area contributed by atoms with Crippen molar-refractivity contribution in [2.24, 2.45) is 0 Å². The Morgan fingerprint density at radius 3 is 2.86 bits per heavy atom. The number of fused-ring (bicyclic) bond motifs is 2. The van der Waals surface area contributed by atoms with Gasteiger partial charge in [0.2, 0.25) is 0 Å². The van der Waals surface area contributed by atoms with E-state index >= 15 is 0 Å². The molecule has 1 heterocycles. The first-order chi connectivity index (χ1) is 10.2. The number of aromatic nitrogens is 1. The lowest BCUT2D eigenvalue weighted by molar-refractivity contribution is 0.0951. The van der Waals surface area contributed by atoms with Crippen LogP contribution in [0.4, 0.5) is 0 Å². The van der Waals surface area contributed by atoms with Gasteiger partial charge in [0.05, 0.1) is 10.5 Å². The summed E-state index contributed by atoms with van der Waals surface area (Å²) >= 11 is 6.55. The van der Waals surface area contributed by atoms with Crippen molar-refractivity contribution in [3.8, 4) is 0 Å². The maximum Gasteiger partial charge on any atom is 0.251 e. The Morgan fingerprint density at radius 2 is 2.05 bits per heavy atom. The smallest absolute Gasteiger partial charge is 0.251 e. The molecule has 2 aliphatic carbocycles. The summed E-state index contributed by atoms with van der Waals surface area (Å²) in [6.45, 7) is 0. The summed E-state index contributed by atoms with van der Waals surface area (Å²) in [7, 11) is 0. The highest BCUT2D eigenvalue weighted by Crippen LogP contribution is 2.33. The van der Waals surface area contributed by atoms with Gasteiger partial charge in [0.1, 0.15) is 0 Å². The summed E-state index contributed by atoms with van der Waals surface area (Å²) in [5.74, 6) is -0.00459. The molecule has 0 saturated heterocycles. The lowest BCUT2D eigenvalue weighted by Gasteiger charge is -2.18. The molecule has 1 aromatic heterocycles. The van der Waals surface area contributed by atoms with Crippen LogP contribution in [0.2, 0.25) is 5.02 Å². The van der Waals surface area contributed by atoms with Gasteiger partial charge in [-0.2, -0.15) is 0 Å². The number of carbonyl (C=O) groups excluding carboxylic acids is 1. The first-order valence-electron chi connectivity index (χ1n) is 7.64. The summed E-state index contributed by atoms with van der Waals surface area (Å²) in [5.41, 5.74) is 3.82. The number of rotatable bonds is 2. The molecular formula is C17H17ClN2O. The summed E-state index contributed by atoms with van der Waals surface area (Å²) in [4.78, 5) is 16.9. The monoisotopic (exact) mass is 300 g/mol. The fourth-order valence-electron chi connectivity index (χ4n) is 3.00. The second-order valence-electron chi connectivity index (χ2n) is 6.04. The predicted octanol–water partition coefficient (Wildman–Crippen LogP) is 3.66. The molecule has 1 N–H and O–H groups in total. The highest BCUT2D eigenvalue weighted by molar-refractivity contribution is 6.36. The third-order valence-electron chi connectivity index (χ3n) is 4.37. The van der Waals surface area contributed by atoms with Gasteiger partial charge in [-0.25, -0.2) is 0 Å². The largest absolute Gasteiger partial charge is 0.349 e. The van der Waals surface area contributed by atoms with Crippen molar-refractivity contribution >= 4 is 28.4 Å². The molecule has 21 heavy (non-hydrogen) atoms. The van der Waals surface area contributed by atoms with Crippen molar-refractivity contribution < 1.29 is 4.79 Å². The Hall–Kier alpha value is -1.61. The van der Waals surface area contributed by atoms with Gasteiger partial charge in [0, 0.05) is 22.7 Å². The molecule has 1 fully saturated rings. The van der Waals surface area contributed by atoms with Crippen LogP contribution in [0, 0.1) is 0 Å². The first-order valence-corrected chi connectivity index (χ1v) is 8.02. The minimum atomic E-state index is -0.00459. The van der Waals surface area contributed by atoms with E-state index in [9.17, 15) is 4.79 Å². The zero-order valence-corrected chi connectivity index (χ0v) is 12.5. The van der Waals surface area contributed by atoms with E-state index < -0.39 is 0 Å². The lowest BCUT2D eigenvalue weighted by Crippen LogP contribution is -2.25. The molecular weight excluding hydrogens is 284 g/mol. The van der Waals surface area contributed by atoms with Crippen molar-refractivity contribution in [1.29, 1.82) is 0 Å². The normalized spacial score (nSPS) is 17.6. The summed E-state index contributed by atoms with van der Waals surface area (Å²) in [6, 6.07) is 6.02. The van der Waals surface area contributed by atoms with E-state index in [0.717, 1.165) is 47.3 Å². The van der Waals surface area contributed by atoms with Crippen LogP contribution in [0.5, 0.6) is 0 Å². The van der Waals surface area contributed by atoms with Gasteiger partial charge in [0.15, 0.2) is 0 Å². The van der Waals surface area contributed by atoms with Gasteiger partial charge in [-0.15, -0.1) is 0 Å². The fourth-order valence-corrected chi connectivity index (χ4v) is 3.37. The Balaban J connectivity index is 1.78. The zero-order chi connectivity index (χ0) is 14.4. The van der Waals surface area contributed by atoms with E-state index in [4.69, 9.17) is 16.6 Å². The van der Waals surface area contributed by atoms with Crippen molar-refractivity contribution in [3.05, 3.63) is 40.0 Å². The molecule has 0 aliphatic heterocycles. The molecule has 0 bridgehead atoms. The van der Waals surface area contributed by atoms with Crippen LogP contribution in [-0.2, 0) is 12.8 Å². The number of halogens is 1. The van der Waals surface area contributed by atoms with Crippen LogP contribution in [0.15, 0.2) is 18.2 Å². The summed E-state index contributed by atoms with van der Waals surface area (Å²) in [5, 5.41) is 4.79. The zero-order valence-electron chi connectivity index (χ0n) is 11.8. The van der Waals surface area contributed by atoms with Crippen molar-refractivity contribution in [2.75, 3.05) is 0 Å². The molecule has 4 heteroatoms. The average Bonchev–Trinajstić information content (AvgIpc) is 3.31. The second-order valence-corrected chi connectivity index (χ2v) is 6.42. The topological polar surface area (TPSA) is 42.0 Å². The van der Waals surface area contributed by atoms with Gasteiger partial charge in [0.25, 0.3) is 5.91 Å². The van der Waals surface area contributed by atoms with Crippen LogP contribution < -0.4 is 5.32 Å². The van der Waals surface area contributed by atoms with E-state index in [2.05, 4.69) is 5.32 Å². The Labute approximate surface area is 128 Å². The van der Waals surface area contributed by atoms with Gasteiger partial charge < -0.3 is 5.32 Å². The average molecular weight is 301 g/mol. The predicted molar refractivity (Wildman–Crippen MR) is 83.9 cm³/mol. The number of hydrogen-bond acceptors (Lipinski definition) is 2. The molecule has 2 aromatic rings. The quantitative estimate of drug-likeness (QED) is 0.919. The van der Waals surface area contributed by atoms with Gasteiger partial charge in [-0.1, -0.05) is 17.7 Å². The van der Waals surface area contributed by atoms with Crippen LogP contribution in [0.3, 0.4) is 0 Å². The molecule has 1 saturated carbocycles. The number of hydrogen-bond donors (Lipinski definition) is 1. The first kappa shape index (κ1) is 13.1. The summed E-state index contributed by atoms with van der Waals surface area (Å²) in [6.07, 6.45) is 6.55. The van der Waals surface area contributed by atoms with E-state index in [-0.39, 0.29) is 5.91 Å². The number of carbonyl (C=O) groups is 1.